The van der Waals surface area contributed by atoms with Crippen LogP contribution in [0.25, 0.3) is 11.6 Å². The van der Waals surface area contributed by atoms with Crippen LogP contribution in [-0.2, 0) is 31.0 Å². The molecule has 2 aromatic carbocycles. The molecule has 37 heavy (non-hydrogen) atoms. The van der Waals surface area contributed by atoms with Gasteiger partial charge in [0.25, 0.3) is 5.56 Å². The number of nitrogens with zero attached hydrogens (tertiary/aromatic N) is 4. The molecule has 2 aromatic heterocycles. The summed E-state index contributed by atoms with van der Waals surface area (Å²) in [6, 6.07) is 15.1. The number of benzene rings is 2. The Morgan fingerprint density at radius 3 is 2.68 bits per heavy atom. The number of ether oxygens (including phenoxy) is 1. The summed E-state index contributed by atoms with van der Waals surface area (Å²) in [7, 11) is 2.95. The highest BCUT2D eigenvalue weighted by Crippen LogP contribution is 2.39. The third kappa shape index (κ3) is 3.78. The molecule has 1 N–H and O–H groups in total. The second-order valence-electron chi connectivity index (χ2n) is 9.38. The van der Waals surface area contributed by atoms with E-state index in [-0.39, 0.29) is 17.6 Å². The maximum absolute atomic E-state index is 13.2. The van der Waals surface area contributed by atoms with Crippen LogP contribution in [0.5, 0.6) is 5.75 Å². The van der Waals surface area contributed by atoms with Crippen molar-refractivity contribution in [3.05, 3.63) is 92.6 Å². The second-order valence-corrected chi connectivity index (χ2v) is 9.38. The van der Waals surface area contributed by atoms with Gasteiger partial charge in [0.2, 0.25) is 17.6 Å². The predicted molar refractivity (Wildman–Crippen MR) is 136 cm³/mol. The van der Waals surface area contributed by atoms with Crippen molar-refractivity contribution in [3.8, 4) is 17.3 Å². The van der Waals surface area contributed by atoms with Gasteiger partial charge in [-0.1, -0.05) is 36.4 Å². The highest BCUT2D eigenvalue weighted by atomic mass is 16.5. The first-order valence-electron chi connectivity index (χ1n) is 12.3. The molecule has 6 rings (SSSR count). The largest absolute Gasteiger partial charge is 0.501 e. The normalized spacial score (nSPS) is 16.4. The fourth-order valence-electron chi connectivity index (χ4n) is 5.35. The van der Waals surface area contributed by atoms with E-state index in [0.29, 0.717) is 24.5 Å². The smallest absolute Gasteiger partial charge is 0.337 e. The third-order valence-corrected chi connectivity index (χ3v) is 7.21. The lowest BCUT2D eigenvalue weighted by Crippen LogP contribution is -2.40. The molecule has 1 aliphatic carbocycles. The number of aryl methyl sites for hydroxylation is 2. The predicted octanol–water partition coefficient (Wildman–Crippen LogP) is 3.57. The molecule has 4 aromatic rings. The van der Waals surface area contributed by atoms with Gasteiger partial charge in [0, 0.05) is 20.0 Å². The number of carbonyl (C=O) groups is 1. The number of oxazole rings is 1. The molecule has 9 heteroatoms. The van der Waals surface area contributed by atoms with Gasteiger partial charge >= 0.3 is 5.97 Å². The monoisotopic (exact) mass is 498 g/mol. The summed E-state index contributed by atoms with van der Waals surface area (Å²) in [5.74, 6) is 0.402. The maximum Gasteiger partial charge on any atom is 0.337 e. The first-order valence-corrected chi connectivity index (χ1v) is 12.3. The zero-order valence-electron chi connectivity index (χ0n) is 20.6. The lowest BCUT2D eigenvalue weighted by atomic mass is 9.87. The molecule has 1 atom stereocenters. The van der Waals surface area contributed by atoms with E-state index in [4.69, 9.17) is 14.1 Å². The van der Waals surface area contributed by atoms with Crippen LogP contribution in [0.3, 0.4) is 0 Å². The molecule has 0 spiro atoms. The first-order chi connectivity index (χ1) is 18.0. The molecular formula is C28H26N4O5. The second kappa shape index (κ2) is 8.92. The van der Waals surface area contributed by atoms with E-state index in [1.807, 2.05) is 47.4 Å². The van der Waals surface area contributed by atoms with Crippen molar-refractivity contribution in [1.29, 1.82) is 0 Å². The quantitative estimate of drug-likeness (QED) is 0.425. The zero-order chi connectivity index (χ0) is 25.7. The van der Waals surface area contributed by atoms with Gasteiger partial charge < -0.3 is 19.2 Å². The van der Waals surface area contributed by atoms with Crippen LogP contribution < -0.4 is 10.5 Å². The molecule has 188 valence electrons. The molecular weight excluding hydrogens is 472 g/mol. The highest BCUT2D eigenvalue weighted by molar-refractivity contribution is 5.89. The van der Waals surface area contributed by atoms with Crippen LogP contribution in [0.4, 0.5) is 5.95 Å². The number of carbonyl (C=O) groups excluding carboxylic acids is 1. The number of esters is 1. The Labute approximate surface area is 213 Å². The molecule has 2 aliphatic rings. The van der Waals surface area contributed by atoms with Gasteiger partial charge in [0.15, 0.2) is 5.69 Å². The number of methoxy groups -OCH3 is 1. The van der Waals surface area contributed by atoms with E-state index < -0.39 is 17.3 Å². The van der Waals surface area contributed by atoms with E-state index in [9.17, 15) is 14.7 Å². The van der Waals surface area contributed by atoms with Crippen LogP contribution in [0.2, 0.25) is 0 Å². The van der Waals surface area contributed by atoms with E-state index in [1.165, 1.54) is 11.7 Å². The van der Waals surface area contributed by atoms with Crippen molar-refractivity contribution in [1.82, 2.24) is 14.5 Å². The Kier molecular flexibility index (Phi) is 5.55. The van der Waals surface area contributed by atoms with Gasteiger partial charge in [-0.15, -0.1) is 0 Å². The summed E-state index contributed by atoms with van der Waals surface area (Å²) >= 11 is 0. The average molecular weight is 499 g/mol. The standard InChI is InChI=1S/C28H26N4O5/c1-31-26(34)24(33)22(25-29-20-9-6-10-21(20)37-25)30-28(31)32-14-13-16-11-12-18(27(35)36-2)15-19(16)23(32)17-7-4-3-5-8-17/h3-5,7-8,11-12,15,23,33H,6,9-10,13-14H2,1-2H3/t23-/m1/s1. The molecule has 0 saturated heterocycles. The first kappa shape index (κ1) is 23.0. The van der Waals surface area contributed by atoms with E-state index in [2.05, 4.69) is 4.98 Å². The minimum atomic E-state index is -0.584. The summed E-state index contributed by atoms with van der Waals surface area (Å²) in [6.07, 6.45) is 3.24. The zero-order valence-corrected chi connectivity index (χ0v) is 20.6. The number of aromatic hydroxyl groups is 1. The Bertz CT molecular complexity index is 1550. The molecule has 0 saturated carbocycles. The molecule has 3 heterocycles. The van der Waals surface area contributed by atoms with Crippen LogP contribution >= 0.6 is 0 Å². The fourth-order valence-corrected chi connectivity index (χ4v) is 5.35. The topological polar surface area (TPSA) is 111 Å². The lowest BCUT2D eigenvalue weighted by Gasteiger charge is -2.39. The van der Waals surface area contributed by atoms with E-state index >= 15 is 0 Å². The van der Waals surface area contributed by atoms with Crippen molar-refractivity contribution in [3.63, 3.8) is 0 Å². The molecule has 0 amide bonds. The van der Waals surface area contributed by atoms with Crippen molar-refractivity contribution in [2.45, 2.75) is 31.7 Å². The Hall–Kier alpha value is -4.40. The van der Waals surface area contributed by atoms with Crippen molar-refractivity contribution >= 4 is 11.9 Å². The van der Waals surface area contributed by atoms with Crippen LogP contribution in [0.1, 0.15) is 51.0 Å². The van der Waals surface area contributed by atoms with Gasteiger partial charge in [-0.05, 0) is 48.1 Å². The van der Waals surface area contributed by atoms with Crippen LogP contribution in [0.15, 0.2) is 57.7 Å². The number of aromatic nitrogens is 3. The summed E-state index contributed by atoms with van der Waals surface area (Å²) < 4.78 is 12.2. The minimum absolute atomic E-state index is 0.0356. The van der Waals surface area contributed by atoms with E-state index in [0.717, 1.165) is 47.4 Å². The Balaban J connectivity index is 1.53. The Morgan fingerprint density at radius 2 is 1.92 bits per heavy atom. The van der Waals surface area contributed by atoms with Gasteiger partial charge in [-0.25, -0.2) is 14.8 Å². The van der Waals surface area contributed by atoms with Crippen molar-refractivity contribution in [2.24, 2.45) is 7.05 Å². The maximum atomic E-state index is 13.2. The molecule has 0 radical (unpaired) electrons. The van der Waals surface area contributed by atoms with Crippen LogP contribution in [0, 0.1) is 0 Å². The number of fused-ring (bicyclic) bond motifs is 2. The van der Waals surface area contributed by atoms with Gasteiger partial charge in [0.05, 0.1) is 24.4 Å². The average Bonchev–Trinajstić information content (AvgIpc) is 3.54. The summed E-state index contributed by atoms with van der Waals surface area (Å²) in [5.41, 5.74) is 3.76. The Morgan fingerprint density at radius 1 is 1.11 bits per heavy atom. The van der Waals surface area contributed by atoms with Crippen molar-refractivity contribution < 1.29 is 19.1 Å². The summed E-state index contributed by atoms with van der Waals surface area (Å²) in [6.45, 7) is 0.566. The van der Waals surface area contributed by atoms with E-state index in [1.54, 1.807) is 13.1 Å². The van der Waals surface area contributed by atoms with Gasteiger partial charge in [-0.3, -0.25) is 9.36 Å². The highest BCUT2D eigenvalue weighted by Gasteiger charge is 2.34. The van der Waals surface area contributed by atoms with Crippen LogP contribution in [-0.4, -0.2) is 39.3 Å². The van der Waals surface area contributed by atoms with Gasteiger partial charge in [-0.2, -0.15) is 0 Å². The summed E-state index contributed by atoms with van der Waals surface area (Å²) in [5, 5.41) is 10.7. The van der Waals surface area contributed by atoms with Crippen molar-refractivity contribution in [2.75, 3.05) is 18.6 Å². The number of hydrogen-bond donors (Lipinski definition) is 1. The molecule has 9 nitrogen and oxygen atoms in total. The minimum Gasteiger partial charge on any atom is -0.501 e. The molecule has 0 unspecified atom stereocenters. The fraction of sp³-hybridized carbons (Fsp3) is 0.286. The molecule has 1 aliphatic heterocycles. The summed E-state index contributed by atoms with van der Waals surface area (Å²) in [4.78, 5) is 36.8. The lowest BCUT2D eigenvalue weighted by molar-refractivity contribution is 0.0600. The SMILES string of the molecule is COC(=O)c1ccc2c(c1)[C@@H](c1ccccc1)N(c1nc(-c3nc4c(o3)CCC4)c(O)c(=O)n1C)CC2. The van der Waals surface area contributed by atoms with Gasteiger partial charge in [0.1, 0.15) is 5.76 Å². The third-order valence-electron chi connectivity index (χ3n) is 7.21. The molecule has 0 fully saturated rings. The number of hydrogen-bond acceptors (Lipinski definition) is 8. The number of anilines is 1. The number of rotatable bonds is 4. The molecule has 0 bridgehead atoms.